The van der Waals surface area contributed by atoms with Gasteiger partial charge in [-0.3, -0.25) is 4.79 Å². The van der Waals surface area contributed by atoms with E-state index in [-0.39, 0.29) is 5.91 Å². The third-order valence-corrected chi connectivity index (χ3v) is 5.44. The number of carbonyl (C=O) groups is 1. The first-order valence-corrected chi connectivity index (χ1v) is 9.84. The minimum atomic E-state index is -0.0205. The van der Waals surface area contributed by atoms with Crippen LogP contribution < -0.4 is 19.9 Å². The van der Waals surface area contributed by atoms with Crippen LogP contribution in [0.15, 0.2) is 42.5 Å². The molecule has 5 nitrogen and oxygen atoms in total. The molecule has 1 amide bonds. The summed E-state index contributed by atoms with van der Waals surface area (Å²) < 4.78 is 5.20. The van der Waals surface area contributed by atoms with Crippen LogP contribution in [-0.2, 0) is 11.3 Å². The minimum Gasteiger partial charge on any atom is -0.497 e. The molecular formula is C20H25Cl2N3O2+2. The Hall–Kier alpha value is -1.79. The molecule has 0 bridgehead atoms. The van der Waals surface area contributed by atoms with Crippen LogP contribution in [0.4, 0.5) is 5.69 Å². The second-order valence-corrected chi connectivity index (χ2v) is 7.72. The average molecular weight is 410 g/mol. The Balaban J connectivity index is 1.44. The molecule has 1 saturated heterocycles. The number of benzene rings is 2. The average Bonchev–Trinajstić information content (AvgIpc) is 2.66. The molecule has 1 fully saturated rings. The van der Waals surface area contributed by atoms with Crippen LogP contribution in [0, 0.1) is 0 Å². The number of hydrogen-bond acceptors (Lipinski definition) is 2. The van der Waals surface area contributed by atoms with Crippen molar-refractivity contribution >= 4 is 34.8 Å². The molecule has 3 rings (SSSR count). The lowest BCUT2D eigenvalue weighted by molar-refractivity contribution is -1.02. The normalized spacial score (nSPS) is 19.5. The van der Waals surface area contributed by atoms with E-state index in [1.807, 2.05) is 12.1 Å². The zero-order chi connectivity index (χ0) is 19.2. The summed E-state index contributed by atoms with van der Waals surface area (Å²) in [5.41, 5.74) is 1.92. The van der Waals surface area contributed by atoms with Gasteiger partial charge in [-0.25, -0.2) is 0 Å². The SMILES string of the molecule is COc1ccc(C[NH+]2CC[NH+](CC(=O)Nc3ccc(Cl)cc3Cl)CC2)cc1. The number of amides is 1. The van der Waals surface area contributed by atoms with E-state index in [4.69, 9.17) is 27.9 Å². The van der Waals surface area contributed by atoms with E-state index in [1.165, 1.54) is 10.5 Å². The smallest absolute Gasteiger partial charge is 0.279 e. The predicted octanol–water partition coefficient (Wildman–Crippen LogP) is 0.924. The summed E-state index contributed by atoms with van der Waals surface area (Å²) in [5, 5.41) is 3.89. The van der Waals surface area contributed by atoms with Crippen molar-refractivity contribution in [1.29, 1.82) is 0 Å². The number of rotatable bonds is 6. The van der Waals surface area contributed by atoms with Crippen LogP contribution in [0.3, 0.4) is 0 Å². The van der Waals surface area contributed by atoms with E-state index < -0.39 is 0 Å². The molecule has 2 aromatic rings. The lowest BCUT2D eigenvalue weighted by Crippen LogP contribution is -3.28. The van der Waals surface area contributed by atoms with E-state index in [1.54, 1.807) is 30.2 Å². The predicted molar refractivity (Wildman–Crippen MR) is 108 cm³/mol. The van der Waals surface area contributed by atoms with Crippen LogP contribution in [0.2, 0.25) is 10.0 Å². The zero-order valence-corrected chi connectivity index (χ0v) is 16.9. The van der Waals surface area contributed by atoms with Gasteiger partial charge in [0, 0.05) is 10.6 Å². The summed E-state index contributed by atoms with van der Waals surface area (Å²) in [6.07, 6.45) is 0. The maximum absolute atomic E-state index is 12.3. The molecule has 0 spiro atoms. The van der Waals surface area contributed by atoms with Crippen molar-refractivity contribution in [2.75, 3.05) is 45.2 Å². The fraction of sp³-hybridized carbons (Fsp3) is 0.350. The largest absolute Gasteiger partial charge is 0.497 e. The van der Waals surface area contributed by atoms with Gasteiger partial charge in [0.05, 0.1) is 17.8 Å². The lowest BCUT2D eigenvalue weighted by atomic mass is 10.2. The first-order chi connectivity index (χ1) is 13.0. The summed E-state index contributed by atoms with van der Waals surface area (Å²) in [7, 11) is 1.68. The van der Waals surface area contributed by atoms with Crippen molar-refractivity contribution < 1.29 is 19.3 Å². The van der Waals surface area contributed by atoms with Crippen LogP contribution in [-0.4, -0.2) is 45.7 Å². The molecule has 0 radical (unpaired) electrons. The lowest BCUT2D eigenvalue weighted by Gasteiger charge is -2.29. The first-order valence-electron chi connectivity index (χ1n) is 9.08. The fourth-order valence-electron chi connectivity index (χ4n) is 3.36. The van der Waals surface area contributed by atoms with Crippen molar-refractivity contribution in [2.45, 2.75) is 6.54 Å². The fourth-order valence-corrected chi connectivity index (χ4v) is 3.81. The molecule has 7 heteroatoms. The van der Waals surface area contributed by atoms with Crippen molar-refractivity contribution in [3.8, 4) is 5.75 Å². The highest BCUT2D eigenvalue weighted by molar-refractivity contribution is 6.36. The van der Waals surface area contributed by atoms with Gasteiger partial charge in [-0.05, 0) is 42.5 Å². The van der Waals surface area contributed by atoms with Crippen molar-refractivity contribution in [3.63, 3.8) is 0 Å². The Kier molecular flexibility index (Phi) is 6.96. The van der Waals surface area contributed by atoms with Gasteiger partial charge in [0.1, 0.15) is 38.5 Å². The van der Waals surface area contributed by atoms with Gasteiger partial charge in [0.25, 0.3) is 5.91 Å². The highest BCUT2D eigenvalue weighted by Gasteiger charge is 2.25. The standard InChI is InChI=1S/C20H23Cl2N3O2/c1-27-17-5-2-15(3-6-17)13-24-8-10-25(11-9-24)14-20(26)23-19-7-4-16(21)12-18(19)22/h2-7,12H,8-11,13-14H2,1H3,(H,23,26)/p+2. The van der Waals surface area contributed by atoms with Gasteiger partial charge in [0.15, 0.2) is 6.54 Å². The van der Waals surface area contributed by atoms with E-state index in [0.717, 1.165) is 38.5 Å². The van der Waals surface area contributed by atoms with Crippen LogP contribution in [0.25, 0.3) is 0 Å². The molecule has 0 aromatic heterocycles. The summed E-state index contributed by atoms with van der Waals surface area (Å²) in [5.74, 6) is 0.864. The summed E-state index contributed by atoms with van der Waals surface area (Å²) in [4.78, 5) is 15.2. The molecule has 144 valence electrons. The Labute approximate surface area is 169 Å². The zero-order valence-electron chi connectivity index (χ0n) is 15.4. The summed E-state index contributed by atoms with van der Waals surface area (Å²) >= 11 is 12.0. The Morgan fingerprint density at radius 3 is 2.33 bits per heavy atom. The topological polar surface area (TPSA) is 47.2 Å². The maximum Gasteiger partial charge on any atom is 0.279 e. The van der Waals surface area contributed by atoms with Gasteiger partial charge in [-0.15, -0.1) is 0 Å². The molecule has 1 aliphatic heterocycles. The number of quaternary nitrogens is 2. The molecule has 1 heterocycles. The van der Waals surface area contributed by atoms with Crippen molar-refractivity contribution in [2.24, 2.45) is 0 Å². The van der Waals surface area contributed by atoms with Gasteiger partial charge in [-0.2, -0.15) is 0 Å². The van der Waals surface area contributed by atoms with Crippen molar-refractivity contribution in [1.82, 2.24) is 0 Å². The maximum atomic E-state index is 12.3. The molecule has 1 aliphatic rings. The molecule has 3 N–H and O–H groups in total. The first kappa shape index (κ1) is 20.0. The van der Waals surface area contributed by atoms with Gasteiger partial charge in [0.2, 0.25) is 0 Å². The number of ether oxygens (including phenoxy) is 1. The minimum absolute atomic E-state index is 0.0205. The highest BCUT2D eigenvalue weighted by Crippen LogP contribution is 2.25. The summed E-state index contributed by atoms with van der Waals surface area (Å²) in [6, 6.07) is 13.3. The molecule has 0 unspecified atom stereocenters. The van der Waals surface area contributed by atoms with Gasteiger partial charge in [-0.1, -0.05) is 23.2 Å². The highest BCUT2D eigenvalue weighted by atomic mass is 35.5. The Morgan fingerprint density at radius 1 is 1.04 bits per heavy atom. The number of piperazine rings is 1. The van der Waals surface area contributed by atoms with E-state index >= 15 is 0 Å². The third kappa shape index (κ3) is 5.84. The quantitative estimate of drug-likeness (QED) is 0.664. The third-order valence-electron chi connectivity index (χ3n) is 4.89. The number of halogens is 2. The second-order valence-electron chi connectivity index (χ2n) is 6.87. The van der Waals surface area contributed by atoms with Crippen LogP contribution >= 0.6 is 23.2 Å². The molecule has 2 aromatic carbocycles. The molecule has 0 atom stereocenters. The monoisotopic (exact) mass is 409 g/mol. The number of methoxy groups -OCH3 is 1. The number of hydrogen-bond donors (Lipinski definition) is 3. The molecule has 0 aliphatic carbocycles. The second kappa shape index (κ2) is 9.42. The van der Waals surface area contributed by atoms with E-state index in [2.05, 4.69) is 17.4 Å². The van der Waals surface area contributed by atoms with E-state index in [9.17, 15) is 4.79 Å². The van der Waals surface area contributed by atoms with Crippen molar-refractivity contribution in [3.05, 3.63) is 58.1 Å². The van der Waals surface area contributed by atoms with Crippen LogP contribution in [0.1, 0.15) is 5.56 Å². The Bertz CT molecular complexity index is 775. The Morgan fingerprint density at radius 2 is 1.70 bits per heavy atom. The van der Waals surface area contributed by atoms with Gasteiger partial charge >= 0.3 is 0 Å². The van der Waals surface area contributed by atoms with Gasteiger partial charge < -0.3 is 19.9 Å². The van der Waals surface area contributed by atoms with E-state index in [0.29, 0.717) is 22.3 Å². The number of carbonyl (C=O) groups excluding carboxylic acids is 1. The number of nitrogens with one attached hydrogen (secondary N) is 3. The summed E-state index contributed by atoms with van der Waals surface area (Å²) in [6.45, 7) is 5.52. The van der Waals surface area contributed by atoms with Crippen LogP contribution in [0.5, 0.6) is 5.75 Å². The molecular weight excluding hydrogens is 385 g/mol. The molecule has 27 heavy (non-hydrogen) atoms. The molecule has 0 saturated carbocycles. The number of anilines is 1.